The molecule has 2 N–H and O–H groups in total. The Kier molecular flexibility index (Phi) is 5.07. The second-order valence-electron chi connectivity index (χ2n) is 5.67. The van der Waals surface area contributed by atoms with Gasteiger partial charge in [-0.25, -0.2) is 8.78 Å². The highest BCUT2D eigenvalue weighted by molar-refractivity contribution is 5.20. The third-order valence-electron chi connectivity index (χ3n) is 3.98. The molecule has 0 radical (unpaired) electrons. The number of hydrogen-bond donors (Lipinski definition) is 2. The standard InChI is InChI=1S/C15H21F2NO2/c1-18(8-11-3-2-4-14(11)19)9-15(20)10-5-6-12(16)13(17)7-10/h5-7,11,14-15,19-20H,2-4,8-9H2,1H3. The highest BCUT2D eigenvalue weighted by Crippen LogP contribution is 2.26. The Bertz CT molecular complexity index is 455. The van der Waals surface area contributed by atoms with Gasteiger partial charge in [0, 0.05) is 13.1 Å². The predicted molar refractivity (Wildman–Crippen MR) is 72.2 cm³/mol. The van der Waals surface area contributed by atoms with Crippen LogP contribution >= 0.6 is 0 Å². The normalized spacial score (nSPS) is 24.3. The van der Waals surface area contributed by atoms with Gasteiger partial charge >= 0.3 is 0 Å². The van der Waals surface area contributed by atoms with Gasteiger partial charge in [-0.1, -0.05) is 12.5 Å². The van der Waals surface area contributed by atoms with Gasteiger partial charge in [-0.2, -0.15) is 0 Å². The van der Waals surface area contributed by atoms with Crippen molar-refractivity contribution in [2.45, 2.75) is 31.5 Å². The summed E-state index contributed by atoms with van der Waals surface area (Å²) in [5, 5.41) is 19.8. The predicted octanol–water partition coefficient (Wildman–Crippen LogP) is 2.09. The van der Waals surface area contributed by atoms with E-state index < -0.39 is 17.7 Å². The molecule has 20 heavy (non-hydrogen) atoms. The van der Waals surface area contributed by atoms with E-state index in [9.17, 15) is 19.0 Å². The highest BCUT2D eigenvalue weighted by Gasteiger charge is 2.26. The van der Waals surface area contributed by atoms with Gasteiger partial charge < -0.3 is 15.1 Å². The van der Waals surface area contributed by atoms with E-state index in [0.717, 1.165) is 31.4 Å². The minimum atomic E-state index is -0.949. The molecule has 0 heterocycles. The molecule has 3 nitrogen and oxygen atoms in total. The minimum Gasteiger partial charge on any atom is -0.393 e. The van der Waals surface area contributed by atoms with Crippen LogP contribution in [-0.4, -0.2) is 41.4 Å². The van der Waals surface area contributed by atoms with Crippen molar-refractivity contribution in [1.82, 2.24) is 4.90 Å². The molecule has 0 aromatic heterocycles. The maximum absolute atomic E-state index is 13.1. The van der Waals surface area contributed by atoms with Crippen LogP contribution in [0.25, 0.3) is 0 Å². The van der Waals surface area contributed by atoms with Crippen molar-refractivity contribution in [2.75, 3.05) is 20.1 Å². The third-order valence-corrected chi connectivity index (χ3v) is 3.98. The summed E-state index contributed by atoms with van der Waals surface area (Å²) in [5.74, 6) is -1.63. The monoisotopic (exact) mass is 285 g/mol. The Morgan fingerprint density at radius 3 is 2.65 bits per heavy atom. The van der Waals surface area contributed by atoms with Crippen LogP contribution in [0.5, 0.6) is 0 Å². The highest BCUT2D eigenvalue weighted by atomic mass is 19.2. The fraction of sp³-hybridized carbons (Fsp3) is 0.600. The largest absolute Gasteiger partial charge is 0.393 e. The van der Waals surface area contributed by atoms with Gasteiger partial charge in [0.15, 0.2) is 11.6 Å². The van der Waals surface area contributed by atoms with E-state index in [1.807, 2.05) is 11.9 Å². The summed E-state index contributed by atoms with van der Waals surface area (Å²) in [4.78, 5) is 1.92. The first kappa shape index (κ1) is 15.4. The lowest BCUT2D eigenvalue weighted by molar-refractivity contribution is 0.0820. The summed E-state index contributed by atoms with van der Waals surface area (Å²) in [6, 6.07) is 3.44. The molecule has 0 spiro atoms. The van der Waals surface area contributed by atoms with E-state index >= 15 is 0 Å². The van der Waals surface area contributed by atoms with Gasteiger partial charge in [0.25, 0.3) is 0 Å². The summed E-state index contributed by atoms with van der Waals surface area (Å²) < 4.78 is 26.0. The number of halogens is 2. The fourth-order valence-corrected chi connectivity index (χ4v) is 2.83. The van der Waals surface area contributed by atoms with Gasteiger partial charge in [0.1, 0.15) is 0 Å². The average molecular weight is 285 g/mol. The first-order valence-electron chi connectivity index (χ1n) is 6.97. The van der Waals surface area contributed by atoms with Crippen LogP contribution in [0.4, 0.5) is 8.78 Å². The molecule has 3 unspecified atom stereocenters. The number of likely N-dealkylation sites (N-methyl/N-ethyl adjacent to an activating group) is 1. The van der Waals surface area contributed by atoms with Crippen LogP contribution in [0.2, 0.25) is 0 Å². The topological polar surface area (TPSA) is 43.7 Å². The van der Waals surface area contributed by atoms with Gasteiger partial charge in [-0.05, 0) is 43.5 Å². The second-order valence-corrected chi connectivity index (χ2v) is 5.67. The number of nitrogens with zero attached hydrogens (tertiary/aromatic N) is 1. The van der Waals surface area contributed by atoms with E-state index in [0.29, 0.717) is 18.7 Å². The van der Waals surface area contributed by atoms with Crippen molar-refractivity contribution in [2.24, 2.45) is 5.92 Å². The molecular weight excluding hydrogens is 264 g/mol. The van der Waals surface area contributed by atoms with E-state index in [2.05, 4.69) is 0 Å². The number of benzene rings is 1. The molecule has 1 saturated carbocycles. The molecule has 1 aliphatic carbocycles. The second kappa shape index (κ2) is 6.61. The minimum absolute atomic E-state index is 0.233. The maximum atomic E-state index is 13.1. The summed E-state index contributed by atoms with van der Waals surface area (Å²) in [5.41, 5.74) is 0.364. The van der Waals surface area contributed by atoms with Crippen LogP contribution in [0.3, 0.4) is 0 Å². The SMILES string of the molecule is CN(CC(O)c1ccc(F)c(F)c1)CC1CCCC1O. The molecule has 3 atom stereocenters. The zero-order valence-electron chi connectivity index (χ0n) is 11.6. The molecule has 1 aromatic carbocycles. The van der Waals surface area contributed by atoms with Gasteiger partial charge in [0.2, 0.25) is 0 Å². The smallest absolute Gasteiger partial charge is 0.159 e. The Morgan fingerprint density at radius 1 is 1.30 bits per heavy atom. The maximum Gasteiger partial charge on any atom is 0.159 e. The van der Waals surface area contributed by atoms with Crippen molar-refractivity contribution in [1.29, 1.82) is 0 Å². The zero-order chi connectivity index (χ0) is 14.7. The Hall–Kier alpha value is -1.04. The third kappa shape index (κ3) is 3.75. The molecule has 2 rings (SSSR count). The van der Waals surface area contributed by atoms with Crippen molar-refractivity contribution in [3.8, 4) is 0 Å². The van der Waals surface area contributed by atoms with Crippen LogP contribution in [0, 0.1) is 17.6 Å². The molecule has 0 amide bonds. The van der Waals surface area contributed by atoms with E-state index in [1.54, 1.807) is 0 Å². The van der Waals surface area contributed by atoms with E-state index in [4.69, 9.17) is 0 Å². The summed E-state index contributed by atoms with van der Waals surface area (Å²) in [6.45, 7) is 1.02. The van der Waals surface area contributed by atoms with Crippen molar-refractivity contribution in [3.05, 3.63) is 35.4 Å². The molecular formula is C15H21F2NO2. The Morgan fingerprint density at radius 2 is 2.05 bits per heavy atom. The van der Waals surface area contributed by atoms with E-state index in [-0.39, 0.29) is 12.0 Å². The van der Waals surface area contributed by atoms with E-state index in [1.165, 1.54) is 6.07 Å². The number of rotatable bonds is 5. The van der Waals surface area contributed by atoms with Crippen molar-refractivity contribution >= 4 is 0 Å². The first-order chi connectivity index (χ1) is 9.47. The van der Waals surface area contributed by atoms with Gasteiger partial charge in [-0.3, -0.25) is 0 Å². The van der Waals surface area contributed by atoms with Crippen molar-refractivity contribution in [3.63, 3.8) is 0 Å². The summed E-state index contributed by atoms with van der Waals surface area (Å²) in [7, 11) is 1.86. The average Bonchev–Trinajstić information content (AvgIpc) is 2.78. The van der Waals surface area contributed by atoms with Crippen LogP contribution in [-0.2, 0) is 0 Å². The molecule has 0 aliphatic heterocycles. The molecule has 0 saturated heterocycles. The lowest BCUT2D eigenvalue weighted by Crippen LogP contribution is -2.32. The Labute approximate surface area is 117 Å². The molecule has 1 aliphatic rings. The zero-order valence-corrected chi connectivity index (χ0v) is 11.6. The quantitative estimate of drug-likeness (QED) is 0.870. The number of aliphatic hydroxyl groups is 2. The van der Waals surface area contributed by atoms with Gasteiger partial charge in [-0.15, -0.1) is 0 Å². The van der Waals surface area contributed by atoms with Crippen LogP contribution in [0.15, 0.2) is 18.2 Å². The molecule has 112 valence electrons. The first-order valence-corrected chi connectivity index (χ1v) is 6.97. The fourth-order valence-electron chi connectivity index (χ4n) is 2.83. The lowest BCUT2D eigenvalue weighted by Gasteiger charge is -2.25. The molecule has 1 aromatic rings. The molecule has 5 heteroatoms. The Balaban J connectivity index is 1.89. The lowest BCUT2D eigenvalue weighted by atomic mass is 10.0. The van der Waals surface area contributed by atoms with Crippen LogP contribution < -0.4 is 0 Å². The summed E-state index contributed by atoms with van der Waals surface area (Å²) in [6.07, 6.45) is 1.73. The molecule has 1 fully saturated rings. The number of hydrogen-bond acceptors (Lipinski definition) is 3. The van der Waals surface area contributed by atoms with Gasteiger partial charge in [0.05, 0.1) is 12.2 Å². The molecule has 0 bridgehead atoms. The van der Waals surface area contributed by atoms with Crippen molar-refractivity contribution < 1.29 is 19.0 Å². The van der Waals surface area contributed by atoms with Crippen LogP contribution in [0.1, 0.15) is 30.9 Å². The summed E-state index contributed by atoms with van der Waals surface area (Å²) >= 11 is 0. The number of aliphatic hydroxyl groups excluding tert-OH is 2.